The first-order valence-electron chi connectivity index (χ1n) is 5.50. The molecule has 4 heteroatoms. The van der Waals surface area contributed by atoms with Gasteiger partial charge in [-0.25, -0.2) is 0 Å². The molecular weight excluding hydrogens is 236 g/mol. The summed E-state index contributed by atoms with van der Waals surface area (Å²) in [6, 6.07) is 5.41. The number of aromatic nitrogens is 1. The van der Waals surface area contributed by atoms with E-state index in [0.29, 0.717) is 10.6 Å². The topological polar surface area (TPSA) is 34.0 Å². The molecule has 1 heterocycles. The van der Waals surface area contributed by atoms with Crippen LogP contribution in [0.4, 0.5) is 0 Å². The molecule has 2 aromatic rings. The second-order valence-electron chi connectivity index (χ2n) is 4.19. The molecule has 0 aliphatic rings. The fourth-order valence-corrected chi connectivity index (χ4v) is 2.10. The maximum atomic E-state index is 12.2. The number of rotatable bonds is 3. The molecule has 1 atom stereocenters. The standard InChI is InChI=1S/C13H15ClN2O/c1-8(15-2)13(17)11-7-16(3)12-5-4-9(14)6-10(11)12/h4-8,15H,1-3H3. The van der Waals surface area contributed by atoms with Gasteiger partial charge in [0, 0.05) is 34.7 Å². The van der Waals surface area contributed by atoms with Crippen LogP contribution < -0.4 is 5.32 Å². The Hall–Kier alpha value is -1.32. The maximum Gasteiger partial charge on any atom is 0.181 e. The molecule has 0 bridgehead atoms. The number of likely N-dealkylation sites (N-methyl/N-ethyl adjacent to an activating group) is 1. The Morgan fingerprint density at radius 3 is 2.82 bits per heavy atom. The first-order chi connectivity index (χ1) is 8.04. The van der Waals surface area contributed by atoms with E-state index < -0.39 is 0 Å². The zero-order valence-corrected chi connectivity index (χ0v) is 10.9. The van der Waals surface area contributed by atoms with Gasteiger partial charge in [0.1, 0.15) is 0 Å². The van der Waals surface area contributed by atoms with Crippen molar-refractivity contribution >= 4 is 28.3 Å². The molecule has 1 aromatic heterocycles. The highest BCUT2D eigenvalue weighted by Gasteiger charge is 2.18. The van der Waals surface area contributed by atoms with Crippen LogP contribution in [0.5, 0.6) is 0 Å². The molecule has 0 spiro atoms. The Balaban J connectivity index is 2.62. The first-order valence-corrected chi connectivity index (χ1v) is 5.88. The van der Waals surface area contributed by atoms with Crippen molar-refractivity contribution in [2.24, 2.45) is 7.05 Å². The highest BCUT2D eigenvalue weighted by atomic mass is 35.5. The molecule has 1 aromatic carbocycles. The molecule has 17 heavy (non-hydrogen) atoms. The monoisotopic (exact) mass is 250 g/mol. The summed E-state index contributed by atoms with van der Waals surface area (Å²) in [6.45, 7) is 1.85. The first kappa shape index (κ1) is 12.1. The quantitative estimate of drug-likeness (QED) is 0.850. The largest absolute Gasteiger partial charge is 0.350 e. The molecular formula is C13H15ClN2O. The average molecular weight is 251 g/mol. The molecule has 3 nitrogen and oxygen atoms in total. The van der Waals surface area contributed by atoms with E-state index in [4.69, 9.17) is 11.6 Å². The Morgan fingerprint density at radius 1 is 1.47 bits per heavy atom. The Bertz CT molecular complexity index is 574. The van der Waals surface area contributed by atoms with Gasteiger partial charge in [0.25, 0.3) is 0 Å². The van der Waals surface area contributed by atoms with Gasteiger partial charge in [0.15, 0.2) is 5.78 Å². The molecule has 1 N–H and O–H groups in total. The number of nitrogens with one attached hydrogen (secondary N) is 1. The zero-order chi connectivity index (χ0) is 12.6. The molecule has 2 rings (SSSR count). The summed E-state index contributed by atoms with van der Waals surface area (Å²) in [6.07, 6.45) is 1.86. The number of hydrogen-bond donors (Lipinski definition) is 1. The average Bonchev–Trinajstić information content (AvgIpc) is 2.64. The van der Waals surface area contributed by atoms with Crippen LogP contribution in [0.15, 0.2) is 24.4 Å². The molecule has 90 valence electrons. The second-order valence-corrected chi connectivity index (χ2v) is 4.63. The number of benzene rings is 1. The zero-order valence-electron chi connectivity index (χ0n) is 10.1. The minimum atomic E-state index is -0.195. The molecule has 0 aliphatic carbocycles. The van der Waals surface area contributed by atoms with E-state index in [9.17, 15) is 4.79 Å². The van der Waals surface area contributed by atoms with E-state index in [2.05, 4.69) is 5.32 Å². The molecule has 0 saturated carbocycles. The van der Waals surface area contributed by atoms with Gasteiger partial charge < -0.3 is 9.88 Å². The summed E-state index contributed by atoms with van der Waals surface area (Å²) in [4.78, 5) is 12.2. The van der Waals surface area contributed by atoms with Gasteiger partial charge in [-0.15, -0.1) is 0 Å². The number of carbonyl (C=O) groups excluding carboxylic acids is 1. The Labute approximate surface area is 105 Å². The van der Waals surface area contributed by atoms with Crippen molar-refractivity contribution in [2.75, 3.05) is 7.05 Å². The number of fused-ring (bicyclic) bond motifs is 1. The van der Waals surface area contributed by atoms with Crippen molar-refractivity contribution in [3.63, 3.8) is 0 Å². The third-order valence-electron chi connectivity index (χ3n) is 3.04. The van der Waals surface area contributed by atoms with Crippen molar-refractivity contribution in [3.05, 3.63) is 35.0 Å². The molecule has 0 aliphatic heterocycles. The van der Waals surface area contributed by atoms with Gasteiger partial charge in [-0.05, 0) is 32.2 Å². The van der Waals surface area contributed by atoms with Crippen molar-refractivity contribution in [2.45, 2.75) is 13.0 Å². The predicted molar refractivity (Wildman–Crippen MR) is 70.8 cm³/mol. The van der Waals surface area contributed by atoms with Crippen molar-refractivity contribution in [1.82, 2.24) is 9.88 Å². The van der Waals surface area contributed by atoms with Crippen LogP contribution in [0.25, 0.3) is 10.9 Å². The van der Waals surface area contributed by atoms with Gasteiger partial charge in [-0.3, -0.25) is 4.79 Å². The minimum Gasteiger partial charge on any atom is -0.350 e. The van der Waals surface area contributed by atoms with Gasteiger partial charge in [-0.2, -0.15) is 0 Å². The lowest BCUT2D eigenvalue weighted by Crippen LogP contribution is -2.30. The van der Waals surface area contributed by atoms with Gasteiger partial charge in [0.05, 0.1) is 6.04 Å². The predicted octanol–water partition coefficient (Wildman–Crippen LogP) is 2.62. The van der Waals surface area contributed by atoms with Gasteiger partial charge >= 0.3 is 0 Å². The van der Waals surface area contributed by atoms with E-state index in [-0.39, 0.29) is 11.8 Å². The highest BCUT2D eigenvalue weighted by Crippen LogP contribution is 2.25. The number of ketones is 1. The number of aryl methyl sites for hydroxylation is 1. The van der Waals surface area contributed by atoms with E-state index >= 15 is 0 Å². The van der Waals surface area contributed by atoms with Crippen LogP contribution in [0.2, 0.25) is 5.02 Å². The van der Waals surface area contributed by atoms with Crippen LogP contribution in [-0.2, 0) is 7.05 Å². The lowest BCUT2D eigenvalue weighted by Gasteiger charge is -2.07. The smallest absolute Gasteiger partial charge is 0.181 e. The fourth-order valence-electron chi connectivity index (χ4n) is 1.92. The van der Waals surface area contributed by atoms with E-state index in [0.717, 1.165) is 10.9 Å². The van der Waals surface area contributed by atoms with Crippen LogP contribution >= 0.6 is 11.6 Å². The summed E-state index contributed by atoms with van der Waals surface area (Å²) in [5, 5.41) is 4.52. The summed E-state index contributed by atoms with van der Waals surface area (Å²) in [5.74, 6) is 0.0837. The van der Waals surface area contributed by atoms with Crippen molar-refractivity contribution in [1.29, 1.82) is 0 Å². The number of nitrogens with zero attached hydrogens (tertiary/aromatic N) is 1. The summed E-state index contributed by atoms with van der Waals surface area (Å²) in [7, 11) is 3.71. The number of carbonyl (C=O) groups is 1. The summed E-state index contributed by atoms with van der Waals surface area (Å²) >= 11 is 5.98. The van der Waals surface area contributed by atoms with Gasteiger partial charge in [-0.1, -0.05) is 11.6 Å². The van der Waals surface area contributed by atoms with Crippen LogP contribution in [0.1, 0.15) is 17.3 Å². The van der Waals surface area contributed by atoms with Crippen LogP contribution in [0, 0.1) is 0 Å². The normalized spacial score (nSPS) is 12.9. The Kier molecular flexibility index (Phi) is 3.22. The molecule has 0 fully saturated rings. The van der Waals surface area contributed by atoms with E-state index in [1.165, 1.54) is 0 Å². The summed E-state index contributed by atoms with van der Waals surface area (Å²) in [5.41, 5.74) is 1.73. The SMILES string of the molecule is CNC(C)C(=O)c1cn(C)c2ccc(Cl)cc12. The lowest BCUT2D eigenvalue weighted by molar-refractivity contribution is 0.0956. The van der Waals surface area contributed by atoms with Gasteiger partial charge in [0.2, 0.25) is 0 Å². The van der Waals surface area contributed by atoms with E-state index in [1.807, 2.05) is 42.9 Å². The molecule has 0 saturated heterocycles. The third kappa shape index (κ3) is 2.08. The van der Waals surface area contributed by atoms with Crippen molar-refractivity contribution < 1.29 is 4.79 Å². The van der Waals surface area contributed by atoms with Crippen LogP contribution in [-0.4, -0.2) is 23.4 Å². The molecule has 0 radical (unpaired) electrons. The fraction of sp³-hybridized carbons (Fsp3) is 0.308. The number of Topliss-reactive ketones (excluding diaryl/α,β-unsaturated/α-hetero) is 1. The summed E-state index contributed by atoms with van der Waals surface area (Å²) < 4.78 is 1.95. The number of hydrogen-bond acceptors (Lipinski definition) is 2. The second kappa shape index (κ2) is 4.51. The lowest BCUT2D eigenvalue weighted by atomic mass is 10.0. The Morgan fingerprint density at radius 2 is 2.18 bits per heavy atom. The molecule has 0 amide bonds. The maximum absolute atomic E-state index is 12.2. The third-order valence-corrected chi connectivity index (χ3v) is 3.28. The van der Waals surface area contributed by atoms with Crippen molar-refractivity contribution in [3.8, 4) is 0 Å². The van der Waals surface area contributed by atoms with Crippen LogP contribution in [0.3, 0.4) is 0 Å². The number of halogens is 1. The van der Waals surface area contributed by atoms with E-state index in [1.54, 1.807) is 7.05 Å². The minimum absolute atomic E-state index is 0.0837. The highest BCUT2D eigenvalue weighted by molar-refractivity contribution is 6.31. The molecule has 1 unspecified atom stereocenters.